The zero-order valence-electron chi connectivity index (χ0n) is 4.58. The van der Waals surface area contributed by atoms with E-state index in [1.165, 1.54) is 0 Å². The predicted octanol–water partition coefficient (Wildman–Crippen LogP) is 2.53. The Morgan fingerprint density at radius 2 is 1.25 bits per heavy atom. The lowest BCUT2D eigenvalue weighted by molar-refractivity contribution is 0.364. The number of hydrogen-bond acceptors (Lipinski definition) is 0. The quantitative estimate of drug-likeness (QED) is 0.466. The first kappa shape index (κ1) is 5.37. The summed E-state index contributed by atoms with van der Waals surface area (Å²) in [6, 6.07) is 0. The van der Waals surface area contributed by atoms with Gasteiger partial charge in [0.05, 0.1) is 0 Å². The molecule has 0 spiro atoms. The van der Waals surface area contributed by atoms with Gasteiger partial charge in [0.1, 0.15) is 0 Å². The van der Waals surface area contributed by atoms with Gasteiger partial charge in [-0.25, -0.2) is 0 Å². The molecule has 0 heterocycles. The average molecular weight is 151 g/mol. The van der Waals surface area contributed by atoms with Crippen molar-refractivity contribution in [2.75, 3.05) is 0 Å². The summed E-state index contributed by atoms with van der Waals surface area (Å²) < 4.78 is 0. The van der Waals surface area contributed by atoms with Crippen molar-refractivity contribution in [1.29, 1.82) is 0 Å². The first-order chi connectivity index (χ1) is 3.62. The molecule has 3 aliphatic carbocycles. The fourth-order valence-electron chi connectivity index (χ4n) is 1.89. The first-order valence-electron chi connectivity index (χ1n) is 3.00. The van der Waals surface area contributed by atoms with Crippen molar-refractivity contribution in [2.45, 2.75) is 35.4 Å². The summed E-state index contributed by atoms with van der Waals surface area (Å²) in [5.41, 5.74) is 0. The Kier molecular flexibility index (Phi) is 0.802. The van der Waals surface area contributed by atoms with E-state index in [0.717, 1.165) is 25.7 Å². The Morgan fingerprint density at radius 3 is 1.38 bits per heavy atom. The Bertz CT molecular complexity index is 110. The molecule has 0 amide bonds. The molecule has 2 heteroatoms. The summed E-state index contributed by atoms with van der Waals surface area (Å²) in [5.74, 6) is 0. The molecular formula is C6H8Cl2. The van der Waals surface area contributed by atoms with Gasteiger partial charge >= 0.3 is 0 Å². The van der Waals surface area contributed by atoms with Gasteiger partial charge in [-0.05, 0) is 25.7 Å². The second-order valence-electron chi connectivity index (χ2n) is 3.16. The van der Waals surface area contributed by atoms with Crippen LogP contribution in [0.15, 0.2) is 0 Å². The largest absolute Gasteiger partial charge is 0.119 e. The molecule has 0 nitrogen and oxygen atoms in total. The third kappa shape index (κ3) is 0.534. The van der Waals surface area contributed by atoms with E-state index in [2.05, 4.69) is 0 Å². The molecule has 0 radical (unpaired) electrons. The van der Waals surface area contributed by atoms with E-state index in [4.69, 9.17) is 23.2 Å². The van der Waals surface area contributed by atoms with Crippen LogP contribution in [0.25, 0.3) is 0 Å². The standard InChI is InChI=1S/C6H8Cl2/c7-5-1-2-6(8,3-5)4-5/h1-4H2. The van der Waals surface area contributed by atoms with Crippen LogP contribution < -0.4 is 0 Å². The predicted molar refractivity (Wildman–Crippen MR) is 35.6 cm³/mol. The summed E-state index contributed by atoms with van der Waals surface area (Å²) in [6.45, 7) is 0. The van der Waals surface area contributed by atoms with Crippen molar-refractivity contribution in [1.82, 2.24) is 0 Å². The Labute approximate surface area is 59.2 Å². The summed E-state index contributed by atoms with van der Waals surface area (Å²) >= 11 is 12.1. The molecule has 0 unspecified atom stereocenters. The highest BCUT2D eigenvalue weighted by atomic mass is 35.5. The highest BCUT2D eigenvalue weighted by Gasteiger charge is 2.58. The van der Waals surface area contributed by atoms with Crippen LogP contribution in [0.4, 0.5) is 0 Å². The summed E-state index contributed by atoms with van der Waals surface area (Å²) in [6.07, 6.45) is 4.36. The molecule has 0 N–H and O–H groups in total. The van der Waals surface area contributed by atoms with Crippen molar-refractivity contribution in [2.24, 2.45) is 0 Å². The Balaban J connectivity index is 2.22. The van der Waals surface area contributed by atoms with Gasteiger partial charge in [-0.15, -0.1) is 23.2 Å². The molecule has 2 bridgehead atoms. The highest BCUT2D eigenvalue weighted by molar-refractivity contribution is 6.32. The molecule has 3 fully saturated rings. The monoisotopic (exact) mass is 150 g/mol. The number of halogens is 2. The maximum atomic E-state index is 6.04. The van der Waals surface area contributed by atoms with Crippen LogP contribution in [-0.4, -0.2) is 9.75 Å². The smallest absolute Gasteiger partial charge is 0.0481 e. The van der Waals surface area contributed by atoms with Crippen LogP contribution in [0.1, 0.15) is 25.7 Å². The van der Waals surface area contributed by atoms with E-state index in [1.807, 2.05) is 0 Å². The van der Waals surface area contributed by atoms with Crippen LogP contribution in [0.3, 0.4) is 0 Å². The van der Waals surface area contributed by atoms with Crippen molar-refractivity contribution < 1.29 is 0 Å². The minimum Gasteiger partial charge on any atom is -0.119 e. The van der Waals surface area contributed by atoms with Gasteiger partial charge in [0.2, 0.25) is 0 Å². The fraction of sp³-hybridized carbons (Fsp3) is 1.00. The summed E-state index contributed by atoms with van der Waals surface area (Å²) in [5, 5.41) is 0. The van der Waals surface area contributed by atoms with E-state index in [0.29, 0.717) is 0 Å². The van der Waals surface area contributed by atoms with Crippen molar-refractivity contribution in [3.8, 4) is 0 Å². The van der Waals surface area contributed by atoms with Crippen molar-refractivity contribution in [3.05, 3.63) is 0 Å². The molecule has 0 aromatic heterocycles. The minimum absolute atomic E-state index is 0.141. The van der Waals surface area contributed by atoms with E-state index >= 15 is 0 Å². The van der Waals surface area contributed by atoms with Gasteiger partial charge in [0.25, 0.3) is 0 Å². The topological polar surface area (TPSA) is 0 Å². The summed E-state index contributed by atoms with van der Waals surface area (Å²) in [4.78, 5) is 0.281. The molecule has 3 rings (SSSR count). The third-order valence-electron chi connectivity index (χ3n) is 2.29. The van der Waals surface area contributed by atoms with Crippen LogP contribution >= 0.6 is 23.2 Å². The van der Waals surface area contributed by atoms with E-state index in [9.17, 15) is 0 Å². The zero-order chi connectivity index (χ0) is 5.83. The maximum Gasteiger partial charge on any atom is 0.0481 e. The van der Waals surface area contributed by atoms with E-state index in [1.54, 1.807) is 0 Å². The number of hydrogen-bond donors (Lipinski definition) is 0. The van der Waals surface area contributed by atoms with E-state index in [-0.39, 0.29) is 9.75 Å². The van der Waals surface area contributed by atoms with Crippen LogP contribution in [0.5, 0.6) is 0 Å². The third-order valence-corrected chi connectivity index (χ3v) is 3.20. The molecule has 0 atom stereocenters. The lowest BCUT2D eigenvalue weighted by Crippen LogP contribution is -2.39. The minimum atomic E-state index is 0.141. The maximum absolute atomic E-state index is 6.04. The molecule has 3 aliphatic rings. The molecule has 0 aliphatic heterocycles. The summed E-state index contributed by atoms with van der Waals surface area (Å²) in [7, 11) is 0. The van der Waals surface area contributed by atoms with Crippen LogP contribution in [0, 0.1) is 0 Å². The van der Waals surface area contributed by atoms with Gasteiger partial charge in [-0.2, -0.15) is 0 Å². The fourth-order valence-corrected chi connectivity index (χ4v) is 3.23. The van der Waals surface area contributed by atoms with Gasteiger partial charge in [0.15, 0.2) is 0 Å². The Morgan fingerprint density at radius 1 is 0.875 bits per heavy atom. The molecular weight excluding hydrogens is 143 g/mol. The number of fused-ring (bicyclic) bond motifs is 1. The Hall–Kier alpha value is 0.580. The SMILES string of the molecule is ClC12CCC(Cl)(C1)C2. The second-order valence-corrected chi connectivity index (χ2v) is 4.76. The van der Waals surface area contributed by atoms with Crippen molar-refractivity contribution in [3.63, 3.8) is 0 Å². The molecule has 8 heavy (non-hydrogen) atoms. The lowest BCUT2D eigenvalue weighted by Gasteiger charge is -2.38. The van der Waals surface area contributed by atoms with Gasteiger partial charge in [-0.3, -0.25) is 0 Å². The van der Waals surface area contributed by atoms with Crippen LogP contribution in [0.2, 0.25) is 0 Å². The number of rotatable bonds is 0. The zero-order valence-corrected chi connectivity index (χ0v) is 6.10. The van der Waals surface area contributed by atoms with Crippen LogP contribution in [-0.2, 0) is 0 Å². The second kappa shape index (κ2) is 1.19. The van der Waals surface area contributed by atoms with Gasteiger partial charge < -0.3 is 0 Å². The molecule has 3 saturated carbocycles. The first-order valence-corrected chi connectivity index (χ1v) is 3.76. The normalized spacial score (nSPS) is 60.8. The van der Waals surface area contributed by atoms with Gasteiger partial charge in [0, 0.05) is 9.75 Å². The van der Waals surface area contributed by atoms with Crippen molar-refractivity contribution >= 4 is 23.2 Å². The van der Waals surface area contributed by atoms with E-state index < -0.39 is 0 Å². The molecule has 0 aromatic carbocycles. The number of alkyl halides is 2. The molecule has 0 saturated heterocycles. The van der Waals surface area contributed by atoms with Gasteiger partial charge in [-0.1, -0.05) is 0 Å². The lowest BCUT2D eigenvalue weighted by atomic mass is 9.83. The molecule has 0 aromatic rings. The molecule has 46 valence electrons. The highest BCUT2D eigenvalue weighted by Crippen LogP contribution is 2.62. The average Bonchev–Trinajstić information content (AvgIpc) is 1.88.